The third-order valence-corrected chi connectivity index (χ3v) is 16.1. The summed E-state index contributed by atoms with van der Waals surface area (Å²) in [6, 6.07) is 71.0. The van der Waals surface area contributed by atoms with Crippen molar-refractivity contribution in [3.63, 3.8) is 0 Å². The molecule has 3 aliphatic rings. The number of aryl methyl sites for hydroxylation is 4. The monoisotopic (exact) mass is 907 g/mol. The van der Waals surface area contributed by atoms with E-state index in [1.807, 2.05) is 0 Å². The average molecular weight is 908 g/mol. The first-order valence-corrected chi connectivity index (χ1v) is 25.0. The standard InChI is InChI=1S/C67H61N3/c1-42-14-26-50(27-15-42)68(51-28-16-43(2)17-29-51)54-34-22-46(23-35-54)48-38-58-63-60(40-48)67(9,10)61-41-49(39-59-64(61)70(63)62-56(65(58,5)6)12-11-13-57(62)66(59,7)8)47-24-36-55(37-25-47)69(52-30-18-44(3)19-31-52)53-32-20-45(4)21-33-53/h11-41H,1-10H3. The molecular formula is C67H61N3. The van der Waals surface area contributed by atoms with Gasteiger partial charge in [0.2, 0.25) is 0 Å². The van der Waals surface area contributed by atoms with Crippen LogP contribution < -0.4 is 14.7 Å². The van der Waals surface area contributed by atoms with Crippen molar-refractivity contribution < 1.29 is 0 Å². The zero-order valence-electron chi connectivity index (χ0n) is 42.2. The van der Waals surface area contributed by atoms with Crippen LogP contribution in [-0.4, -0.2) is 0 Å². The van der Waals surface area contributed by atoms with Gasteiger partial charge in [0.25, 0.3) is 0 Å². The highest BCUT2D eigenvalue weighted by Gasteiger charge is 2.52. The minimum absolute atomic E-state index is 0.233. The van der Waals surface area contributed by atoms with Gasteiger partial charge < -0.3 is 14.7 Å². The minimum Gasteiger partial charge on any atom is -0.311 e. The Bertz CT molecular complexity index is 3180. The summed E-state index contributed by atoms with van der Waals surface area (Å²) in [5.41, 5.74) is 28.4. The van der Waals surface area contributed by atoms with Gasteiger partial charge in [-0.1, -0.05) is 155 Å². The van der Waals surface area contributed by atoms with Crippen LogP contribution in [-0.2, 0) is 16.2 Å². The Kier molecular flexibility index (Phi) is 9.79. The summed E-state index contributed by atoms with van der Waals surface area (Å²) < 4.78 is 0. The lowest BCUT2D eigenvalue weighted by atomic mass is 9.60. The van der Waals surface area contributed by atoms with Crippen LogP contribution in [0.25, 0.3) is 22.3 Å². The largest absolute Gasteiger partial charge is 0.311 e. The molecule has 9 aromatic rings. The summed E-state index contributed by atoms with van der Waals surface area (Å²) in [7, 11) is 0. The topological polar surface area (TPSA) is 9.72 Å². The Morgan fingerprint density at radius 1 is 0.271 bits per heavy atom. The summed E-state index contributed by atoms with van der Waals surface area (Å²) in [5.74, 6) is 0. The van der Waals surface area contributed by atoms with Crippen LogP contribution >= 0.6 is 0 Å². The van der Waals surface area contributed by atoms with Crippen LogP contribution in [0, 0.1) is 27.7 Å². The van der Waals surface area contributed by atoms with E-state index in [-0.39, 0.29) is 16.2 Å². The molecule has 344 valence electrons. The normalized spacial score (nSPS) is 15.0. The predicted molar refractivity (Wildman–Crippen MR) is 297 cm³/mol. The highest BCUT2D eigenvalue weighted by molar-refractivity contribution is 6.00. The Morgan fingerprint density at radius 2 is 0.500 bits per heavy atom. The first-order valence-electron chi connectivity index (χ1n) is 25.0. The number of hydrogen-bond donors (Lipinski definition) is 0. The molecule has 0 unspecified atom stereocenters. The van der Waals surface area contributed by atoms with E-state index in [0.29, 0.717) is 0 Å². The van der Waals surface area contributed by atoms with Crippen molar-refractivity contribution in [2.75, 3.05) is 14.7 Å². The van der Waals surface area contributed by atoms with Crippen LogP contribution in [0.3, 0.4) is 0 Å². The molecule has 3 aliphatic heterocycles. The molecule has 0 bridgehead atoms. The summed E-state index contributed by atoms with van der Waals surface area (Å²) >= 11 is 0. The molecule has 0 saturated carbocycles. The first-order chi connectivity index (χ1) is 33.6. The van der Waals surface area contributed by atoms with Gasteiger partial charge in [0.05, 0.1) is 17.1 Å². The van der Waals surface area contributed by atoms with Crippen LogP contribution in [0.15, 0.2) is 188 Å². The summed E-state index contributed by atoms with van der Waals surface area (Å²) in [6.07, 6.45) is 0. The molecule has 0 spiro atoms. The van der Waals surface area contributed by atoms with Crippen molar-refractivity contribution in [3.8, 4) is 22.3 Å². The van der Waals surface area contributed by atoms with Crippen LogP contribution in [0.4, 0.5) is 51.2 Å². The Balaban J connectivity index is 0.999. The number of hydrogen-bond acceptors (Lipinski definition) is 3. The fraction of sp³-hybridized carbons (Fsp3) is 0.194. The summed E-state index contributed by atoms with van der Waals surface area (Å²) in [4.78, 5) is 7.41. The number of anilines is 9. The number of benzene rings is 9. The van der Waals surface area contributed by atoms with Crippen LogP contribution in [0.2, 0.25) is 0 Å². The Labute approximate surface area is 415 Å². The van der Waals surface area contributed by atoms with Crippen LogP contribution in [0.1, 0.15) is 97.2 Å². The van der Waals surface area contributed by atoms with Gasteiger partial charge in [-0.2, -0.15) is 0 Å². The third-order valence-electron chi connectivity index (χ3n) is 16.1. The molecular weight excluding hydrogens is 847 g/mol. The summed E-state index contributed by atoms with van der Waals surface area (Å²) in [6.45, 7) is 23.3. The maximum atomic E-state index is 2.68. The molecule has 0 atom stereocenters. The number of nitrogens with zero attached hydrogens (tertiary/aromatic N) is 3. The highest BCUT2D eigenvalue weighted by atomic mass is 15.2. The van der Waals surface area contributed by atoms with Crippen LogP contribution in [0.5, 0.6) is 0 Å². The quantitative estimate of drug-likeness (QED) is 0.150. The second-order valence-corrected chi connectivity index (χ2v) is 21.9. The fourth-order valence-corrected chi connectivity index (χ4v) is 11.8. The molecule has 3 heteroatoms. The van der Waals surface area contributed by atoms with Crippen molar-refractivity contribution >= 4 is 51.2 Å². The Hall–Kier alpha value is -7.62. The van der Waals surface area contributed by atoms with Gasteiger partial charge in [0.1, 0.15) is 0 Å². The first kappa shape index (κ1) is 43.6. The van der Waals surface area contributed by atoms with Gasteiger partial charge in [-0.15, -0.1) is 0 Å². The molecule has 0 amide bonds. The maximum absolute atomic E-state index is 2.68. The molecule has 0 fully saturated rings. The van der Waals surface area contributed by atoms with E-state index in [4.69, 9.17) is 0 Å². The molecule has 0 aliphatic carbocycles. The fourth-order valence-electron chi connectivity index (χ4n) is 11.8. The van der Waals surface area contributed by atoms with Gasteiger partial charge in [-0.05, 0) is 180 Å². The molecule has 0 N–H and O–H groups in total. The smallest absolute Gasteiger partial charge is 0.0544 e. The highest BCUT2D eigenvalue weighted by Crippen LogP contribution is 2.67. The van der Waals surface area contributed by atoms with Crippen molar-refractivity contribution in [2.24, 2.45) is 0 Å². The van der Waals surface area contributed by atoms with Crippen molar-refractivity contribution in [3.05, 3.63) is 244 Å². The second-order valence-electron chi connectivity index (χ2n) is 21.9. The molecule has 0 aromatic heterocycles. The number of para-hydroxylation sites is 1. The van der Waals surface area contributed by atoms with Gasteiger partial charge in [-0.25, -0.2) is 0 Å². The second kappa shape index (κ2) is 15.7. The third kappa shape index (κ3) is 6.69. The Morgan fingerprint density at radius 3 is 0.771 bits per heavy atom. The lowest BCUT2D eigenvalue weighted by molar-refractivity contribution is 0.567. The molecule has 0 radical (unpaired) electrons. The molecule has 3 heterocycles. The van der Waals surface area contributed by atoms with E-state index in [0.717, 1.165) is 34.1 Å². The van der Waals surface area contributed by atoms with Gasteiger partial charge >= 0.3 is 0 Å². The van der Waals surface area contributed by atoms with Gasteiger partial charge in [-0.3, -0.25) is 0 Å². The van der Waals surface area contributed by atoms with Gasteiger partial charge in [0, 0.05) is 50.4 Å². The minimum atomic E-state index is -0.312. The zero-order chi connectivity index (χ0) is 48.4. The average Bonchev–Trinajstić information content (AvgIpc) is 3.36. The molecule has 0 saturated heterocycles. The molecule has 3 nitrogen and oxygen atoms in total. The van der Waals surface area contributed by atoms with E-state index in [2.05, 4.69) is 272 Å². The van der Waals surface area contributed by atoms with E-state index >= 15 is 0 Å². The predicted octanol–water partition coefficient (Wildman–Crippen LogP) is 18.6. The lowest BCUT2D eigenvalue weighted by Gasteiger charge is -2.55. The lowest BCUT2D eigenvalue weighted by Crippen LogP contribution is -2.43. The number of rotatable bonds is 8. The zero-order valence-corrected chi connectivity index (χ0v) is 42.2. The summed E-state index contributed by atoms with van der Waals surface area (Å²) in [5, 5.41) is 0. The van der Waals surface area contributed by atoms with E-state index < -0.39 is 0 Å². The SMILES string of the molecule is Cc1ccc(N(c2ccc(C)cc2)c2ccc(-c3cc4c5c(c3)C(C)(C)c3cc(-c6ccc(N(c7ccc(C)cc7)c7ccc(C)cc7)cc6)cc6c3N5c3c(cccc3C6(C)C)C4(C)C)cc2)cc1. The van der Waals surface area contributed by atoms with Crippen molar-refractivity contribution in [2.45, 2.75) is 85.5 Å². The van der Waals surface area contributed by atoms with Crippen molar-refractivity contribution in [1.29, 1.82) is 0 Å². The molecule has 9 aromatic carbocycles. The molecule has 70 heavy (non-hydrogen) atoms. The van der Waals surface area contributed by atoms with E-state index in [1.165, 1.54) is 95.0 Å². The maximum Gasteiger partial charge on any atom is 0.0544 e. The van der Waals surface area contributed by atoms with Crippen molar-refractivity contribution in [1.82, 2.24) is 0 Å². The van der Waals surface area contributed by atoms with E-state index in [1.54, 1.807) is 0 Å². The molecule has 12 rings (SSSR count). The van der Waals surface area contributed by atoms with Gasteiger partial charge in [0.15, 0.2) is 0 Å². The van der Waals surface area contributed by atoms with E-state index in [9.17, 15) is 0 Å².